The van der Waals surface area contributed by atoms with Gasteiger partial charge in [0.1, 0.15) is 6.04 Å². The largest absolute Gasteiger partial charge is 0.248 e. The molecule has 1 rings (SSSR count). The van der Waals surface area contributed by atoms with Gasteiger partial charge in [-0.05, 0) is 39.5 Å². The van der Waals surface area contributed by atoms with Crippen LogP contribution in [0.1, 0.15) is 46.5 Å². The average molecular weight is 278 g/mol. The Labute approximate surface area is 110 Å². The molecule has 0 aliphatic heterocycles. The molecule has 0 heterocycles. The van der Waals surface area contributed by atoms with Gasteiger partial charge in [-0.1, -0.05) is 0 Å². The van der Waals surface area contributed by atoms with Crippen LogP contribution in [0.3, 0.4) is 0 Å². The lowest BCUT2D eigenvalue weighted by molar-refractivity contribution is -0.0543. The molecule has 0 aromatic heterocycles. The third-order valence-electron chi connectivity index (χ3n) is 3.08. The van der Waals surface area contributed by atoms with Gasteiger partial charge in [-0.25, -0.2) is 17.7 Å². The number of alkyl halides is 2. The van der Waals surface area contributed by atoms with Crippen LogP contribution in [-0.4, -0.2) is 20.9 Å². The molecule has 0 aromatic rings. The van der Waals surface area contributed by atoms with Crippen molar-refractivity contribution in [2.75, 3.05) is 0 Å². The molecule has 0 spiro atoms. The first kappa shape index (κ1) is 15.5. The van der Waals surface area contributed by atoms with Crippen LogP contribution >= 0.6 is 0 Å². The van der Waals surface area contributed by atoms with Gasteiger partial charge in [-0.3, -0.25) is 0 Å². The summed E-state index contributed by atoms with van der Waals surface area (Å²) in [6.45, 7) is 5.33. The van der Waals surface area contributed by atoms with Crippen LogP contribution in [-0.2, 0) is 11.0 Å². The van der Waals surface area contributed by atoms with Gasteiger partial charge in [-0.15, -0.1) is 0 Å². The Morgan fingerprint density at radius 2 is 2.11 bits per heavy atom. The first-order valence-corrected chi connectivity index (χ1v) is 7.26. The molecular formula is C12H20F2N2OS. The highest BCUT2D eigenvalue weighted by molar-refractivity contribution is 7.84. The summed E-state index contributed by atoms with van der Waals surface area (Å²) in [7, 11) is -1.41. The third-order valence-corrected chi connectivity index (χ3v) is 4.66. The number of hydrogen-bond donors (Lipinski definition) is 1. The van der Waals surface area contributed by atoms with E-state index in [-0.39, 0.29) is 12.8 Å². The first-order chi connectivity index (χ1) is 8.15. The summed E-state index contributed by atoms with van der Waals surface area (Å²) in [6.07, 6.45) is 0.603. The van der Waals surface area contributed by atoms with Crippen LogP contribution in [0.2, 0.25) is 0 Å². The van der Waals surface area contributed by atoms with Crippen molar-refractivity contribution in [1.29, 1.82) is 5.26 Å². The fourth-order valence-corrected chi connectivity index (χ4v) is 2.84. The Kier molecular flexibility index (Phi) is 4.84. The quantitative estimate of drug-likeness (QED) is 0.863. The Balaban J connectivity index is 2.68. The molecule has 0 amide bonds. The summed E-state index contributed by atoms with van der Waals surface area (Å²) >= 11 is 0. The molecule has 18 heavy (non-hydrogen) atoms. The Morgan fingerprint density at radius 3 is 2.56 bits per heavy atom. The zero-order valence-corrected chi connectivity index (χ0v) is 11.8. The van der Waals surface area contributed by atoms with E-state index in [0.717, 1.165) is 0 Å². The van der Waals surface area contributed by atoms with Crippen LogP contribution in [0.5, 0.6) is 0 Å². The molecule has 3 unspecified atom stereocenters. The van der Waals surface area contributed by atoms with Gasteiger partial charge >= 0.3 is 0 Å². The maximum Gasteiger partial charge on any atom is 0.248 e. The minimum absolute atomic E-state index is 0.107. The van der Waals surface area contributed by atoms with Crippen molar-refractivity contribution < 1.29 is 13.0 Å². The Hall–Kier alpha value is -0.540. The average Bonchev–Trinajstić information content (AvgIpc) is 2.22. The summed E-state index contributed by atoms with van der Waals surface area (Å²) in [5.41, 5.74) is 0. The van der Waals surface area contributed by atoms with Gasteiger partial charge in [0.15, 0.2) is 0 Å². The molecule has 104 valence electrons. The van der Waals surface area contributed by atoms with E-state index in [1.807, 2.05) is 6.07 Å². The van der Waals surface area contributed by atoms with E-state index in [4.69, 9.17) is 5.26 Å². The summed E-state index contributed by atoms with van der Waals surface area (Å²) in [5, 5.41) is 9.07. The summed E-state index contributed by atoms with van der Waals surface area (Å²) in [6, 6.07) is 1.21. The van der Waals surface area contributed by atoms with Crippen molar-refractivity contribution in [3.05, 3.63) is 0 Å². The van der Waals surface area contributed by atoms with E-state index in [9.17, 15) is 13.0 Å². The highest BCUT2D eigenvalue weighted by Crippen LogP contribution is 2.38. The van der Waals surface area contributed by atoms with E-state index in [1.165, 1.54) is 0 Å². The molecule has 0 bridgehead atoms. The number of nitrogens with one attached hydrogen (secondary N) is 1. The minimum Gasteiger partial charge on any atom is -0.242 e. The lowest BCUT2D eigenvalue weighted by Gasteiger charge is -2.32. The van der Waals surface area contributed by atoms with Gasteiger partial charge in [0, 0.05) is 12.8 Å². The third kappa shape index (κ3) is 4.29. The highest BCUT2D eigenvalue weighted by atomic mass is 32.2. The molecule has 1 aliphatic carbocycles. The van der Waals surface area contributed by atoms with Crippen molar-refractivity contribution in [2.45, 2.75) is 63.2 Å². The van der Waals surface area contributed by atoms with Crippen molar-refractivity contribution in [2.24, 2.45) is 5.92 Å². The van der Waals surface area contributed by atoms with Gasteiger partial charge in [-0.2, -0.15) is 5.26 Å². The van der Waals surface area contributed by atoms with Crippen molar-refractivity contribution in [3.63, 3.8) is 0 Å². The monoisotopic (exact) mass is 278 g/mol. The van der Waals surface area contributed by atoms with E-state index in [0.29, 0.717) is 12.8 Å². The molecule has 1 fully saturated rings. The maximum absolute atomic E-state index is 13.3. The normalized spacial score (nSPS) is 27.2. The smallest absolute Gasteiger partial charge is 0.242 e. The van der Waals surface area contributed by atoms with Crippen LogP contribution in [0.25, 0.3) is 0 Å². The van der Waals surface area contributed by atoms with Crippen molar-refractivity contribution in [3.8, 4) is 6.07 Å². The predicted molar refractivity (Wildman–Crippen MR) is 67.3 cm³/mol. The van der Waals surface area contributed by atoms with Crippen LogP contribution < -0.4 is 4.72 Å². The summed E-state index contributed by atoms with van der Waals surface area (Å²) in [5.74, 6) is -3.12. The Bertz CT molecular complexity index is 360. The Morgan fingerprint density at radius 1 is 1.50 bits per heavy atom. The predicted octanol–water partition coefficient (Wildman–Crippen LogP) is 2.76. The van der Waals surface area contributed by atoms with Gasteiger partial charge in [0.05, 0.1) is 21.8 Å². The summed E-state index contributed by atoms with van der Waals surface area (Å²) in [4.78, 5) is 0. The molecule has 1 aliphatic rings. The molecule has 0 aromatic carbocycles. The number of nitrogens with zero attached hydrogens (tertiary/aromatic N) is 1. The molecule has 3 nitrogen and oxygen atoms in total. The molecule has 0 radical (unpaired) electrons. The van der Waals surface area contributed by atoms with Crippen LogP contribution in [0.15, 0.2) is 0 Å². The number of hydrogen-bond acceptors (Lipinski definition) is 2. The fourth-order valence-electron chi connectivity index (χ4n) is 2.02. The van der Waals surface area contributed by atoms with E-state index >= 15 is 0 Å². The molecule has 1 saturated carbocycles. The summed E-state index contributed by atoms with van der Waals surface area (Å²) < 4.78 is 40.7. The SMILES string of the molecule is CC(C)(C)S(=O)NC(C#N)C1CCCC(F)(F)C1. The van der Waals surface area contributed by atoms with Gasteiger partial charge in [0.2, 0.25) is 5.92 Å². The maximum atomic E-state index is 13.3. The van der Waals surface area contributed by atoms with Crippen molar-refractivity contribution >= 4 is 11.0 Å². The second-order valence-electron chi connectivity index (χ2n) is 5.82. The number of rotatable bonds is 3. The van der Waals surface area contributed by atoms with Gasteiger partial charge in [0.25, 0.3) is 0 Å². The van der Waals surface area contributed by atoms with Gasteiger partial charge < -0.3 is 0 Å². The lowest BCUT2D eigenvalue weighted by atomic mass is 9.82. The number of nitriles is 1. The standard InChI is InChI=1S/C12H20F2N2OS/c1-11(2,3)18(17)16-10(8-15)9-5-4-6-12(13,14)7-9/h9-10,16H,4-7H2,1-3H3. The van der Waals surface area contributed by atoms with Crippen LogP contribution in [0.4, 0.5) is 8.78 Å². The van der Waals surface area contributed by atoms with E-state index in [1.54, 1.807) is 20.8 Å². The lowest BCUT2D eigenvalue weighted by Crippen LogP contribution is -2.45. The second-order valence-corrected chi connectivity index (χ2v) is 7.82. The topological polar surface area (TPSA) is 52.9 Å². The molecule has 1 N–H and O–H groups in total. The molecule has 0 saturated heterocycles. The molecule has 3 atom stereocenters. The van der Waals surface area contributed by atoms with E-state index in [2.05, 4.69) is 4.72 Å². The zero-order chi connectivity index (χ0) is 14.0. The highest BCUT2D eigenvalue weighted by Gasteiger charge is 2.40. The molecule has 6 heteroatoms. The number of halogens is 2. The first-order valence-electron chi connectivity index (χ1n) is 6.11. The molecular weight excluding hydrogens is 258 g/mol. The zero-order valence-electron chi connectivity index (χ0n) is 11.0. The van der Waals surface area contributed by atoms with E-state index < -0.39 is 33.6 Å². The van der Waals surface area contributed by atoms with Crippen LogP contribution in [0, 0.1) is 17.2 Å². The second kappa shape index (κ2) is 5.62. The van der Waals surface area contributed by atoms with Crippen molar-refractivity contribution in [1.82, 2.24) is 4.72 Å². The minimum atomic E-state index is -2.69. The fraction of sp³-hybridized carbons (Fsp3) is 0.917.